The average Bonchev–Trinajstić information content (AvgIpc) is 3.13. The summed E-state index contributed by atoms with van der Waals surface area (Å²) < 4.78 is 42.2. The molecule has 1 aliphatic carbocycles. The minimum atomic E-state index is -3.88. The normalized spacial score (nSPS) is 26.0. The molecule has 3 atom stereocenters. The first-order valence-electron chi connectivity index (χ1n) is 8.34. The second kappa shape index (κ2) is 6.24. The molecule has 0 bridgehead atoms. The zero-order valence-electron chi connectivity index (χ0n) is 14.5. The highest BCUT2D eigenvalue weighted by Gasteiger charge is 2.76. The lowest BCUT2D eigenvalue weighted by atomic mass is 9.99. The summed E-state index contributed by atoms with van der Waals surface area (Å²) in [4.78, 5) is 12.3. The van der Waals surface area contributed by atoms with E-state index in [0.29, 0.717) is 17.1 Å². The van der Waals surface area contributed by atoms with E-state index in [9.17, 15) is 18.3 Å². The summed E-state index contributed by atoms with van der Waals surface area (Å²) in [6, 6.07) is 12.9. The standard InChI is InChI=1S/C19H18O7S/c1-24-10-19(18(20)21)16(12-7-8-14-15(9-12)26-11-25-14)17(19)27(22,23)13-5-3-2-4-6-13/h2-9,16-17H,10-11H2,1H3,(H,20,21)/t16-,17-,19+/m0/s1. The van der Waals surface area contributed by atoms with Crippen molar-refractivity contribution < 1.29 is 32.5 Å². The van der Waals surface area contributed by atoms with Gasteiger partial charge in [0.1, 0.15) is 5.41 Å². The molecule has 0 aromatic heterocycles. The molecule has 1 N–H and O–H groups in total. The molecular formula is C19H18O7S. The highest BCUT2D eigenvalue weighted by molar-refractivity contribution is 7.92. The molecule has 1 saturated carbocycles. The Kier molecular flexibility index (Phi) is 4.12. The van der Waals surface area contributed by atoms with Gasteiger partial charge in [0.05, 0.1) is 16.8 Å². The maximum atomic E-state index is 13.2. The first-order chi connectivity index (χ1) is 12.9. The maximum absolute atomic E-state index is 13.2. The second-order valence-corrected chi connectivity index (χ2v) is 8.72. The third kappa shape index (κ3) is 2.59. The Labute approximate surface area is 156 Å². The van der Waals surface area contributed by atoms with Crippen LogP contribution in [0.3, 0.4) is 0 Å². The van der Waals surface area contributed by atoms with Crippen LogP contribution >= 0.6 is 0 Å². The first-order valence-corrected chi connectivity index (χ1v) is 9.88. The summed E-state index contributed by atoms with van der Waals surface area (Å²) in [5, 5.41) is 8.81. The Morgan fingerprint density at radius 1 is 1.19 bits per heavy atom. The van der Waals surface area contributed by atoms with Crippen LogP contribution in [0.25, 0.3) is 0 Å². The summed E-state index contributed by atoms with van der Waals surface area (Å²) in [5.74, 6) is -0.923. The van der Waals surface area contributed by atoms with Crippen LogP contribution in [-0.2, 0) is 19.4 Å². The summed E-state index contributed by atoms with van der Waals surface area (Å²) in [5.41, 5.74) is -0.986. The smallest absolute Gasteiger partial charge is 0.314 e. The van der Waals surface area contributed by atoms with Crippen LogP contribution in [0.5, 0.6) is 11.5 Å². The second-order valence-electron chi connectivity index (χ2n) is 6.65. The number of aliphatic carboxylic acids is 1. The summed E-state index contributed by atoms with van der Waals surface area (Å²) >= 11 is 0. The van der Waals surface area contributed by atoms with Gasteiger partial charge in [-0.3, -0.25) is 4.79 Å². The van der Waals surface area contributed by atoms with E-state index in [1.807, 2.05) is 0 Å². The molecule has 4 rings (SSSR count). The molecular weight excluding hydrogens is 372 g/mol. The minimum absolute atomic E-state index is 0.0807. The molecule has 2 aliphatic rings. The molecule has 27 heavy (non-hydrogen) atoms. The summed E-state index contributed by atoms with van der Waals surface area (Å²) in [6.45, 7) is -0.129. The zero-order chi connectivity index (χ0) is 19.2. The first kappa shape index (κ1) is 17.8. The van der Waals surface area contributed by atoms with Crippen molar-refractivity contribution in [1.29, 1.82) is 0 Å². The Morgan fingerprint density at radius 3 is 2.56 bits per heavy atom. The molecule has 8 heteroatoms. The number of rotatable bonds is 6. The van der Waals surface area contributed by atoms with Crippen LogP contribution < -0.4 is 9.47 Å². The largest absolute Gasteiger partial charge is 0.481 e. The molecule has 2 aromatic rings. The van der Waals surface area contributed by atoms with E-state index in [2.05, 4.69) is 0 Å². The van der Waals surface area contributed by atoms with Gasteiger partial charge in [0.25, 0.3) is 0 Å². The van der Waals surface area contributed by atoms with E-state index in [1.165, 1.54) is 19.2 Å². The van der Waals surface area contributed by atoms with Gasteiger partial charge in [0.15, 0.2) is 21.3 Å². The molecule has 0 amide bonds. The predicted molar refractivity (Wildman–Crippen MR) is 94.7 cm³/mol. The van der Waals surface area contributed by atoms with Crippen molar-refractivity contribution in [3.63, 3.8) is 0 Å². The van der Waals surface area contributed by atoms with Crippen LogP contribution in [0, 0.1) is 5.41 Å². The molecule has 1 heterocycles. The number of carbonyl (C=O) groups is 1. The van der Waals surface area contributed by atoms with E-state index < -0.39 is 32.4 Å². The number of fused-ring (bicyclic) bond motifs is 1. The lowest BCUT2D eigenvalue weighted by Crippen LogP contribution is -2.28. The third-order valence-electron chi connectivity index (χ3n) is 5.20. The van der Waals surface area contributed by atoms with Crippen LogP contribution in [0.4, 0.5) is 0 Å². The number of sulfone groups is 1. The Hall–Kier alpha value is -2.58. The van der Waals surface area contributed by atoms with E-state index in [-0.39, 0.29) is 18.3 Å². The van der Waals surface area contributed by atoms with Crippen LogP contribution in [0.1, 0.15) is 11.5 Å². The Balaban J connectivity index is 1.82. The van der Waals surface area contributed by atoms with Gasteiger partial charge in [-0.15, -0.1) is 0 Å². The van der Waals surface area contributed by atoms with Crippen molar-refractivity contribution in [2.45, 2.75) is 16.1 Å². The quantitative estimate of drug-likeness (QED) is 0.806. The molecule has 2 aromatic carbocycles. The van der Waals surface area contributed by atoms with Crippen LogP contribution in [-0.4, -0.2) is 45.3 Å². The van der Waals surface area contributed by atoms with Gasteiger partial charge in [-0.25, -0.2) is 8.42 Å². The topological polar surface area (TPSA) is 99.1 Å². The van der Waals surface area contributed by atoms with Gasteiger partial charge in [-0.05, 0) is 29.8 Å². The monoisotopic (exact) mass is 390 g/mol. The molecule has 142 valence electrons. The van der Waals surface area contributed by atoms with Gasteiger partial charge in [-0.1, -0.05) is 24.3 Å². The van der Waals surface area contributed by atoms with Crippen molar-refractivity contribution in [2.75, 3.05) is 20.5 Å². The van der Waals surface area contributed by atoms with Gasteiger partial charge in [0, 0.05) is 13.0 Å². The number of benzene rings is 2. The summed E-state index contributed by atoms with van der Waals surface area (Å²) in [6.07, 6.45) is 0. The van der Waals surface area contributed by atoms with Crippen LogP contribution in [0.2, 0.25) is 0 Å². The fourth-order valence-electron chi connectivity index (χ4n) is 3.92. The maximum Gasteiger partial charge on any atom is 0.314 e. The SMILES string of the molecule is COC[C@@]1(C(=O)O)[C@@H](c2ccc3c(c2)OCO3)[C@@H]1S(=O)(=O)c1ccccc1. The molecule has 1 fully saturated rings. The third-order valence-corrected chi connectivity index (χ3v) is 7.49. The summed E-state index contributed by atoms with van der Waals surface area (Å²) in [7, 11) is -2.52. The van der Waals surface area contributed by atoms with E-state index >= 15 is 0 Å². The highest BCUT2D eigenvalue weighted by atomic mass is 32.2. The van der Waals surface area contributed by atoms with Gasteiger partial charge in [0.2, 0.25) is 6.79 Å². The van der Waals surface area contributed by atoms with Crippen molar-refractivity contribution >= 4 is 15.8 Å². The van der Waals surface area contributed by atoms with Crippen molar-refractivity contribution in [3.8, 4) is 11.5 Å². The van der Waals surface area contributed by atoms with E-state index in [0.717, 1.165) is 0 Å². The van der Waals surface area contributed by atoms with Crippen molar-refractivity contribution in [1.82, 2.24) is 0 Å². The Morgan fingerprint density at radius 2 is 1.89 bits per heavy atom. The number of carboxylic acid groups (broad SMARTS) is 1. The number of hydrogen-bond acceptors (Lipinski definition) is 6. The highest BCUT2D eigenvalue weighted by Crippen LogP contribution is 2.65. The fraction of sp³-hybridized carbons (Fsp3) is 0.316. The van der Waals surface area contributed by atoms with E-state index in [4.69, 9.17) is 14.2 Å². The van der Waals surface area contributed by atoms with Gasteiger partial charge >= 0.3 is 5.97 Å². The molecule has 7 nitrogen and oxygen atoms in total. The molecule has 0 unspecified atom stereocenters. The predicted octanol–water partition coefficient (Wildman–Crippen LogP) is 2.07. The van der Waals surface area contributed by atoms with Gasteiger partial charge in [-0.2, -0.15) is 0 Å². The lowest BCUT2D eigenvalue weighted by Gasteiger charge is -2.12. The van der Waals surface area contributed by atoms with Crippen molar-refractivity contribution in [3.05, 3.63) is 54.1 Å². The number of ether oxygens (including phenoxy) is 3. The van der Waals surface area contributed by atoms with Gasteiger partial charge < -0.3 is 19.3 Å². The zero-order valence-corrected chi connectivity index (χ0v) is 15.3. The Bertz CT molecular complexity index is 986. The van der Waals surface area contributed by atoms with E-state index in [1.54, 1.807) is 36.4 Å². The minimum Gasteiger partial charge on any atom is -0.481 e. The molecule has 0 spiro atoms. The van der Waals surface area contributed by atoms with Crippen LogP contribution in [0.15, 0.2) is 53.4 Å². The van der Waals surface area contributed by atoms with Crippen molar-refractivity contribution in [2.24, 2.45) is 5.41 Å². The number of carboxylic acids is 1. The molecule has 1 aliphatic heterocycles. The number of hydrogen-bond donors (Lipinski definition) is 1. The molecule has 0 saturated heterocycles. The number of methoxy groups -OCH3 is 1. The average molecular weight is 390 g/mol. The molecule has 0 radical (unpaired) electrons. The lowest BCUT2D eigenvalue weighted by molar-refractivity contribution is -0.145. The fourth-order valence-corrected chi connectivity index (χ4v) is 6.30.